The molecule has 0 amide bonds. The Morgan fingerprint density at radius 1 is 1.70 bits per heavy atom. The van der Waals surface area contributed by atoms with E-state index in [9.17, 15) is 0 Å². The number of isothiocyanates is 1. The monoisotopic (exact) mass is 156 g/mol. The first-order chi connectivity index (χ1) is 4.83. The first-order valence-electron chi connectivity index (χ1n) is 3.58. The Bertz CT molecular complexity index is 152. The largest absolute Gasteiger partial charge is 0.304 e. The molecule has 0 aromatic rings. The van der Waals surface area contributed by atoms with Gasteiger partial charge in [-0.2, -0.15) is 0 Å². The van der Waals surface area contributed by atoms with E-state index in [0.29, 0.717) is 6.04 Å². The second kappa shape index (κ2) is 3.81. The molecule has 1 aliphatic heterocycles. The minimum atomic E-state index is 0.413. The highest BCUT2D eigenvalue weighted by Crippen LogP contribution is 2.10. The second-order valence-corrected chi connectivity index (χ2v) is 2.96. The number of nitrogens with zero attached hydrogens (tertiary/aromatic N) is 2. The number of hydrogen-bond donors (Lipinski definition) is 0. The van der Waals surface area contributed by atoms with Gasteiger partial charge in [0.15, 0.2) is 0 Å². The number of hydrogen-bond acceptors (Lipinski definition) is 3. The van der Waals surface area contributed by atoms with Crippen molar-refractivity contribution in [3.63, 3.8) is 0 Å². The summed E-state index contributed by atoms with van der Waals surface area (Å²) in [5.74, 6) is 0. The molecule has 0 aromatic heterocycles. The lowest BCUT2D eigenvalue weighted by Crippen LogP contribution is -2.34. The van der Waals surface area contributed by atoms with Gasteiger partial charge in [0.05, 0.1) is 11.2 Å². The number of likely N-dealkylation sites (N-methyl/N-ethyl adjacent to an activating group) is 1. The molecule has 2 nitrogen and oxygen atoms in total. The summed E-state index contributed by atoms with van der Waals surface area (Å²) in [6.07, 6.45) is 2.41. The predicted molar refractivity (Wildman–Crippen MR) is 45.5 cm³/mol. The van der Waals surface area contributed by atoms with Gasteiger partial charge in [-0.05, 0) is 38.7 Å². The van der Waals surface area contributed by atoms with Crippen LogP contribution in [0.2, 0.25) is 0 Å². The van der Waals surface area contributed by atoms with Crippen LogP contribution in [0.4, 0.5) is 0 Å². The van der Waals surface area contributed by atoms with Crippen molar-refractivity contribution in [2.75, 3.05) is 20.1 Å². The summed E-state index contributed by atoms with van der Waals surface area (Å²) in [6, 6.07) is 0.413. The van der Waals surface area contributed by atoms with Crippen LogP contribution in [-0.2, 0) is 0 Å². The maximum atomic E-state index is 4.54. The summed E-state index contributed by atoms with van der Waals surface area (Å²) in [5, 5.41) is 2.44. The van der Waals surface area contributed by atoms with Crippen molar-refractivity contribution in [2.45, 2.75) is 18.9 Å². The minimum Gasteiger partial charge on any atom is -0.304 e. The molecule has 1 aliphatic rings. The molecular weight excluding hydrogens is 144 g/mol. The number of aliphatic imine (C=N–C) groups is 1. The molecule has 0 spiro atoms. The molecule has 1 saturated heterocycles. The van der Waals surface area contributed by atoms with Gasteiger partial charge < -0.3 is 4.90 Å². The molecule has 1 unspecified atom stereocenters. The standard InChI is InChI=1S/C7H12N2S/c1-9-4-2-3-7(5-9)8-6-10/h7H,2-5H2,1H3. The SMILES string of the molecule is CN1CCCC(N=C=S)C1. The van der Waals surface area contributed by atoms with E-state index >= 15 is 0 Å². The van der Waals surface area contributed by atoms with E-state index in [0.717, 1.165) is 6.54 Å². The van der Waals surface area contributed by atoms with Gasteiger partial charge in [-0.25, -0.2) is 4.99 Å². The van der Waals surface area contributed by atoms with Gasteiger partial charge in [0.1, 0.15) is 0 Å². The fraction of sp³-hybridized carbons (Fsp3) is 0.857. The topological polar surface area (TPSA) is 15.6 Å². The fourth-order valence-electron chi connectivity index (χ4n) is 1.32. The van der Waals surface area contributed by atoms with Crippen molar-refractivity contribution in [3.8, 4) is 0 Å². The molecule has 56 valence electrons. The maximum absolute atomic E-state index is 4.54. The van der Waals surface area contributed by atoms with Crippen molar-refractivity contribution in [3.05, 3.63) is 0 Å². The third kappa shape index (κ3) is 2.18. The van der Waals surface area contributed by atoms with Gasteiger partial charge in [0.25, 0.3) is 0 Å². The van der Waals surface area contributed by atoms with E-state index in [1.807, 2.05) is 0 Å². The van der Waals surface area contributed by atoms with Crippen LogP contribution in [0, 0.1) is 0 Å². The Hall–Kier alpha value is -0.240. The smallest absolute Gasteiger partial charge is 0.0729 e. The molecule has 0 bridgehead atoms. The Kier molecular flexibility index (Phi) is 3.00. The lowest BCUT2D eigenvalue weighted by Gasteiger charge is -2.25. The summed E-state index contributed by atoms with van der Waals surface area (Å²) in [7, 11) is 2.12. The van der Waals surface area contributed by atoms with Gasteiger partial charge in [-0.1, -0.05) is 0 Å². The predicted octanol–water partition coefficient (Wildman–Crippen LogP) is 1.18. The van der Waals surface area contributed by atoms with E-state index in [1.54, 1.807) is 0 Å². The Morgan fingerprint density at radius 3 is 3.10 bits per heavy atom. The van der Waals surface area contributed by atoms with Gasteiger partial charge >= 0.3 is 0 Å². The quantitative estimate of drug-likeness (QED) is 0.418. The molecule has 0 N–H and O–H groups in total. The van der Waals surface area contributed by atoms with Crippen LogP contribution < -0.4 is 0 Å². The van der Waals surface area contributed by atoms with Crippen molar-refractivity contribution < 1.29 is 0 Å². The van der Waals surface area contributed by atoms with Gasteiger partial charge in [-0.3, -0.25) is 0 Å². The van der Waals surface area contributed by atoms with E-state index in [1.165, 1.54) is 19.4 Å². The van der Waals surface area contributed by atoms with Gasteiger partial charge in [0.2, 0.25) is 0 Å². The van der Waals surface area contributed by atoms with Crippen molar-refractivity contribution in [1.82, 2.24) is 4.90 Å². The summed E-state index contributed by atoms with van der Waals surface area (Å²) >= 11 is 4.54. The average molecular weight is 156 g/mol. The summed E-state index contributed by atoms with van der Waals surface area (Å²) < 4.78 is 0. The van der Waals surface area contributed by atoms with Crippen LogP contribution in [0.25, 0.3) is 0 Å². The number of rotatable bonds is 1. The molecule has 0 aliphatic carbocycles. The van der Waals surface area contributed by atoms with Crippen molar-refractivity contribution in [2.24, 2.45) is 4.99 Å². The molecule has 10 heavy (non-hydrogen) atoms. The minimum absolute atomic E-state index is 0.413. The number of piperidine rings is 1. The lowest BCUT2D eigenvalue weighted by molar-refractivity contribution is 0.253. The lowest BCUT2D eigenvalue weighted by atomic mass is 10.1. The average Bonchev–Trinajstić information content (AvgIpc) is 1.88. The first kappa shape index (κ1) is 7.86. The summed E-state index contributed by atoms with van der Waals surface area (Å²) in [5.41, 5.74) is 0. The van der Waals surface area contributed by atoms with Crippen LogP contribution in [0.5, 0.6) is 0 Å². The van der Waals surface area contributed by atoms with E-state index in [4.69, 9.17) is 0 Å². The number of likely N-dealkylation sites (tertiary alicyclic amines) is 1. The highest BCUT2D eigenvalue weighted by Gasteiger charge is 2.14. The molecule has 0 aromatic carbocycles. The molecule has 0 saturated carbocycles. The van der Waals surface area contributed by atoms with Gasteiger partial charge in [0, 0.05) is 6.54 Å². The zero-order valence-electron chi connectivity index (χ0n) is 6.21. The Balaban J connectivity index is 2.39. The van der Waals surface area contributed by atoms with Crippen LogP contribution in [-0.4, -0.2) is 36.2 Å². The highest BCUT2D eigenvalue weighted by molar-refractivity contribution is 7.78. The van der Waals surface area contributed by atoms with Crippen molar-refractivity contribution >= 4 is 17.4 Å². The van der Waals surface area contributed by atoms with E-state index in [2.05, 4.69) is 34.3 Å². The van der Waals surface area contributed by atoms with Crippen molar-refractivity contribution in [1.29, 1.82) is 0 Å². The highest BCUT2D eigenvalue weighted by atomic mass is 32.1. The molecule has 0 radical (unpaired) electrons. The molecular formula is C7H12N2S. The van der Waals surface area contributed by atoms with Crippen LogP contribution in [0.1, 0.15) is 12.8 Å². The third-order valence-electron chi connectivity index (χ3n) is 1.83. The summed E-state index contributed by atoms with van der Waals surface area (Å²) in [6.45, 7) is 2.24. The molecule has 1 heterocycles. The molecule has 1 atom stereocenters. The Labute approximate surface area is 66.9 Å². The second-order valence-electron chi connectivity index (χ2n) is 2.78. The van der Waals surface area contributed by atoms with E-state index in [-0.39, 0.29) is 0 Å². The van der Waals surface area contributed by atoms with Gasteiger partial charge in [-0.15, -0.1) is 0 Å². The van der Waals surface area contributed by atoms with E-state index < -0.39 is 0 Å². The first-order valence-corrected chi connectivity index (χ1v) is 3.99. The third-order valence-corrected chi connectivity index (χ3v) is 1.94. The molecule has 3 heteroatoms. The van der Waals surface area contributed by atoms with Crippen LogP contribution >= 0.6 is 12.2 Å². The normalized spacial score (nSPS) is 27.5. The fourth-order valence-corrected chi connectivity index (χ4v) is 1.47. The number of thiocarbonyl (C=S) groups is 1. The molecule has 1 rings (SSSR count). The Morgan fingerprint density at radius 2 is 2.50 bits per heavy atom. The van der Waals surface area contributed by atoms with Crippen LogP contribution in [0.3, 0.4) is 0 Å². The van der Waals surface area contributed by atoms with Crippen LogP contribution in [0.15, 0.2) is 4.99 Å². The zero-order valence-corrected chi connectivity index (χ0v) is 7.02. The zero-order chi connectivity index (χ0) is 7.40. The maximum Gasteiger partial charge on any atom is 0.0729 e. The summed E-state index contributed by atoms with van der Waals surface area (Å²) in [4.78, 5) is 6.34. The molecule has 1 fully saturated rings.